The van der Waals surface area contributed by atoms with Gasteiger partial charge in [-0.2, -0.15) is 0 Å². The third kappa shape index (κ3) is 4.62. The molecule has 142 valence electrons. The van der Waals surface area contributed by atoms with Crippen LogP contribution in [0.1, 0.15) is 56.9 Å². The van der Waals surface area contributed by atoms with E-state index in [1.54, 1.807) is 33.8 Å². The molecule has 0 spiro atoms. The highest BCUT2D eigenvalue weighted by Crippen LogP contribution is 2.29. The minimum atomic E-state index is -3.22. The molecule has 26 heavy (non-hydrogen) atoms. The van der Waals surface area contributed by atoms with Crippen LogP contribution in [0.2, 0.25) is 0 Å². The normalized spacial score (nSPS) is 19.1. The lowest BCUT2D eigenvalue weighted by Crippen LogP contribution is -2.39. The van der Waals surface area contributed by atoms with E-state index in [0.717, 1.165) is 6.07 Å². The molecule has 1 heterocycles. The average molecular weight is 368 g/mol. The molecule has 0 atom stereocenters. The quantitative estimate of drug-likeness (QED) is 0.796. The third-order valence-corrected chi connectivity index (χ3v) is 3.92. The van der Waals surface area contributed by atoms with Crippen LogP contribution in [0.25, 0.3) is 5.57 Å². The number of aryl methyl sites for hydroxylation is 1. The minimum Gasteiger partial charge on any atom is -0.444 e. The van der Waals surface area contributed by atoms with Crippen molar-refractivity contribution in [3.8, 4) is 0 Å². The highest BCUT2D eigenvalue weighted by atomic mass is 19.1. The van der Waals surface area contributed by atoms with Crippen molar-refractivity contribution in [3.05, 3.63) is 40.7 Å². The Balaban J connectivity index is 2.31. The van der Waals surface area contributed by atoms with Crippen molar-refractivity contribution in [2.24, 2.45) is 0 Å². The van der Waals surface area contributed by atoms with Crippen LogP contribution in [0.5, 0.6) is 0 Å². The molecule has 0 fully saturated rings. The predicted octanol–water partition coefficient (Wildman–Crippen LogP) is 3.86. The molecule has 0 aliphatic carbocycles. The Morgan fingerprint density at radius 2 is 2.00 bits per heavy atom. The lowest BCUT2D eigenvalue weighted by atomic mass is 9.93. The van der Waals surface area contributed by atoms with Crippen molar-refractivity contribution in [2.45, 2.75) is 39.7 Å². The second kappa shape index (κ2) is 7.48. The summed E-state index contributed by atoms with van der Waals surface area (Å²) in [5, 5.41) is 0. The lowest BCUT2D eigenvalue weighted by molar-refractivity contribution is 0.0270. The lowest BCUT2D eigenvalue weighted by Gasteiger charge is -2.30. The summed E-state index contributed by atoms with van der Waals surface area (Å²) in [7, 11) is 0. The van der Waals surface area contributed by atoms with Crippen LogP contribution in [-0.2, 0) is 4.74 Å². The highest BCUT2D eigenvalue weighted by Gasteiger charge is 2.25. The molecule has 0 saturated carbocycles. The van der Waals surface area contributed by atoms with Gasteiger partial charge in [-0.15, -0.1) is 0 Å². The van der Waals surface area contributed by atoms with Gasteiger partial charge in [0.2, 0.25) is 0 Å². The molecule has 6 heteroatoms. The topological polar surface area (TPSA) is 49.9 Å². The fourth-order valence-electron chi connectivity index (χ4n) is 2.79. The van der Waals surface area contributed by atoms with E-state index in [9.17, 15) is 14.0 Å². The molecular weight excluding hydrogens is 335 g/mol. The summed E-state index contributed by atoms with van der Waals surface area (Å²) in [6.45, 7) is 0.920. The first kappa shape index (κ1) is 12.9. The van der Waals surface area contributed by atoms with Crippen LogP contribution >= 0.6 is 0 Å². The standard InChI is InChI=1S/C20H27FN2O3/c1-13-11-15(18(24)22(5)6)12-16(21)17(13)14-7-9-23(10-8-14)19(25)26-20(2,3)4/h7,11-12H,8-10H2,1-6H3/i5D3,6D3. The summed E-state index contributed by atoms with van der Waals surface area (Å²) in [5.74, 6) is -2.09. The number of benzene rings is 1. The number of amides is 2. The molecule has 0 saturated heterocycles. The van der Waals surface area contributed by atoms with Gasteiger partial charge in [-0.25, -0.2) is 9.18 Å². The van der Waals surface area contributed by atoms with E-state index in [-0.39, 0.29) is 22.6 Å². The van der Waals surface area contributed by atoms with Gasteiger partial charge in [-0.1, -0.05) is 6.08 Å². The minimum absolute atomic E-state index is 0.202. The summed E-state index contributed by atoms with van der Waals surface area (Å²) in [6.07, 6.45) is 1.57. The van der Waals surface area contributed by atoms with E-state index in [1.807, 2.05) is 0 Å². The van der Waals surface area contributed by atoms with Gasteiger partial charge in [0.1, 0.15) is 11.4 Å². The molecule has 1 aliphatic heterocycles. The Bertz CT molecular complexity index is 898. The number of nitrogens with zero attached hydrogens (tertiary/aromatic N) is 2. The van der Waals surface area contributed by atoms with Crippen molar-refractivity contribution < 1.29 is 26.9 Å². The van der Waals surface area contributed by atoms with Crippen LogP contribution in [0, 0.1) is 12.7 Å². The first-order chi connectivity index (χ1) is 14.4. The molecule has 2 amide bonds. The van der Waals surface area contributed by atoms with Crippen molar-refractivity contribution in [1.82, 2.24) is 9.80 Å². The molecule has 1 aliphatic rings. The summed E-state index contributed by atoms with van der Waals surface area (Å²) >= 11 is 0. The zero-order valence-corrected chi connectivity index (χ0v) is 15.4. The van der Waals surface area contributed by atoms with Gasteiger partial charge in [0, 0.05) is 46.4 Å². The molecule has 0 bridgehead atoms. The summed E-state index contributed by atoms with van der Waals surface area (Å²) in [6, 6.07) is 2.11. The van der Waals surface area contributed by atoms with Crippen LogP contribution < -0.4 is 0 Å². The molecular formula is C20H27FN2O3. The van der Waals surface area contributed by atoms with Gasteiger partial charge < -0.3 is 14.5 Å². The second-order valence-corrected chi connectivity index (χ2v) is 7.20. The summed E-state index contributed by atoms with van der Waals surface area (Å²) in [5.41, 5.74) is 0.204. The number of carbonyl (C=O) groups is 2. The largest absolute Gasteiger partial charge is 0.444 e. The Morgan fingerprint density at radius 1 is 1.31 bits per heavy atom. The third-order valence-electron chi connectivity index (χ3n) is 3.92. The molecule has 0 radical (unpaired) electrons. The van der Waals surface area contributed by atoms with Gasteiger partial charge in [-0.3, -0.25) is 4.79 Å². The fourth-order valence-corrected chi connectivity index (χ4v) is 2.79. The van der Waals surface area contributed by atoms with E-state index in [2.05, 4.69) is 0 Å². The maximum atomic E-state index is 15.0. The number of hydrogen-bond donors (Lipinski definition) is 0. The first-order valence-electron chi connectivity index (χ1n) is 11.2. The van der Waals surface area contributed by atoms with Crippen molar-refractivity contribution in [1.29, 1.82) is 0 Å². The molecule has 2 rings (SSSR count). The molecule has 1 aromatic rings. The highest BCUT2D eigenvalue weighted by molar-refractivity contribution is 5.94. The second-order valence-electron chi connectivity index (χ2n) is 7.20. The number of hydrogen-bond acceptors (Lipinski definition) is 3. The number of rotatable bonds is 2. The Kier molecular flexibility index (Phi) is 3.71. The van der Waals surface area contributed by atoms with E-state index in [4.69, 9.17) is 13.0 Å². The summed E-state index contributed by atoms with van der Waals surface area (Å²) < 4.78 is 64.6. The molecule has 0 aromatic heterocycles. The fraction of sp³-hybridized carbons (Fsp3) is 0.500. The van der Waals surface area contributed by atoms with Gasteiger partial charge in [0.25, 0.3) is 5.91 Å². The smallest absolute Gasteiger partial charge is 0.410 e. The number of carbonyl (C=O) groups excluding carboxylic acids is 2. The van der Waals surface area contributed by atoms with E-state index < -0.39 is 37.4 Å². The van der Waals surface area contributed by atoms with Gasteiger partial charge in [-0.05, 0) is 57.4 Å². The van der Waals surface area contributed by atoms with Crippen molar-refractivity contribution in [2.75, 3.05) is 27.0 Å². The maximum absolute atomic E-state index is 15.0. The molecule has 0 N–H and O–H groups in total. The zero-order chi connectivity index (χ0) is 24.6. The number of ether oxygens (including phenoxy) is 1. The Morgan fingerprint density at radius 3 is 2.50 bits per heavy atom. The first-order valence-corrected chi connectivity index (χ1v) is 8.24. The average Bonchev–Trinajstić information content (AvgIpc) is 2.57. The molecule has 1 aromatic carbocycles. The SMILES string of the molecule is [2H]C([2H])([2H])N(C(=O)c1cc(C)c(C2=CCN(C(=O)OC(C)(C)C)CC2)c(F)c1)C([2H])([2H])[2H]. The van der Waals surface area contributed by atoms with E-state index >= 15 is 0 Å². The van der Waals surface area contributed by atoms with Crippen LogP contribution in [-0.4, -0.2) is 54.4 Å². The van der Waals surface area contributed by atoms with Crippen LogP contribution in [0.3, 0.4) is 0 Å². The Labute approximate surface area is 162 Å². The monoisotopic (exact) mass is 368 g/mol. The summed E-state index contributed by atoms with van der Waals surface area (Å²) in [4.78, 5) is 26.1. The number of halogens is 1. The van der Waals surface area contributed by atoms with Gasteiger partial charge in [0.15, 0.2) is 0 Å². The van der Waals surface area contributed by atoms with Crippen molar-refractivity contribution >= 4 is 17.6 Å². The Hall–Kier alpha value is -2.37. The maximum Gasteiger partial charge on any atom is 0.410 e. The predicted molar refractivity (Wildman–Crippen MR) is 99.6 cm³/mol. The molecule has 5 nitrogen and oxygen atoms in total. The van der Waals surface area contributed by atoms with Gasteiger partial charge in [0.05, 0.1) is 0 Å². The van der Waals surface area contributed by atoms with Crippen LogP contribution in [0.15, 0.2) is 18.2 Å². The van der Waals surface area contributed by atoms with Gasteiger partial charge >= 0.3 is 6.09 Å². The van der Waals surface area contributed by atoms with E-state index in [0.29, 0.717) is 24.1 Å². The molecule has 0 unspecified atom stereocenters. The van der Waals surface area contributed by atoms with Crippen molar-refractivity contribution in [3.63, 3.8) is 0 Å². The van der Waals surface area contributed by atoms with E-state index in [1.165, 1.54) is 11.0 Å². The zero-order valence-electron chi connectivity index (χ0n) is 21.4. The van der Waals surface area contributed by atoms with Crippen LogP contribution in [0.4, 0.5) is 9.18 Å².